The van der Waals surface area contributed by atoms with Crippen molar-refractivity contribution in [2.45, 2.75) is 45.8 Å². The molecule has 3 unspecified atom stereocenters. The Morgan fingerprint density at radius 1 is 1.61 bits per heavy atom. The first-order valence-corrected chi connectivity index (χ1v) is 8.33. The highest BCUT2D eigenvalue weighted by Crippen LogP contribution is 2.37. The second-order valence-corrected chi connectivity index (χ2v) is 7.77. The zero-order valence-electron chi connectivity index (χ0n) is 11.3. The van der Waals surface area contributed by atoms with E-state index in [1.54, 1.807) is 0 Å². The molecule has 0 amide bonds. The molecule has 2 heterocycles. The van der Waals surface area contributed by atoms with Crippen molar-refractivity contribution in [1.29, 1.82) is 0 Å². The van der Waals surface area contributed by atoms with E-state index in [4.69, 9.17) is 4.74 Å². The van der Waals surface area contributed by atoms with Crippen LogP contribution in [-0.4, -0.2) is 19.3 Å². The Balaban J connectivity index is 2.16. The molecular formula is C14H22BrNOS. The number of hydrogen-bond acceptors (Lipinski definition) is 3. The third-order valence-electron chi connectivity index (χ3n) is 3.58. The Morgan fingerprint density at radius 3 is 2.89 bits per heavy atom. The first-order chi connectivity index (χ1) is 8.61. The minimum Gasteiger partial charge on any atom is -0.378 e. The number of thiophene rings is 1. The van der Waals surface area contributed by atoms with Crippen LogP contribution in [0.25, 0.3) is 0 Å². The molecule has 18 heavy (non-hydrogen) atoms. The second kappa shape index (κ2) is 6.51. The first kappa shape index (κ1) is 14.5. The molecule has 0 bridgehead atoms. The Kier molecular flexibility index (Phi) is 5.24. The topological polar surface area (TPSA) is 21.3 Å². The summed E-state index contributed by atoms with van der Waals surface area (Å²) in [5.41, 5.74) is 1.45. The summed E-state index contributed by atoms with van der Waals surface area (Å²) in [7, 11) is 0. The summed E-state index contributed by atoms with van der Waals surface area (Å²) in [4.78, 5) is 1.41. The minimum atomic E-state index is 0.406. The van der Waals surface area contributed by atoms with Gasteiger partial charge in [-0.15, -0.1) is 11.3 Å². The van der Waals surface area contributed by atoms with Crippen molar-refractivity contribution in [3.05, 3.63) is 20.3 Å². The van der Waals surface area contributed by atoms with Crippen molar-refractivity contribution >= 4 is 27.3 Å². The van der Waals surface area contributed by atoms with E-state index < -0.39 is 0 Å². The number of nitrogens with one attached hydrogen (secondary N) is 1. The highest BCUT2D eigenvalue weighted by Gasteiger charge is 2.31. The van der Waals surface area contributed by atoms with Gasteiger partial charge in [0.15, 0.2) is 0 Å². The summed E-state index contributed by atoms with van der Waals surface area (Å²) in [5.74, 6) is 0.603. The Bertz CT molecular complexity index is 393. The van der Waals surface area contributed by atoms with Crippen LogP contribution >= 0.6 is 27.3 Å². The predicted molar refractivity (Wildman–Crippen MR) is 81.3 cm³/mol. The highest BCUT2D eigenvalue weighted by molar-refractivity contribution is 9.11. The smallest absolute Gasteiger partial charge is 0.0704 e. The van der Waals surface area contributed by atoms with Crippen molar-refractivity contribution in [2.75, 3.05) is 13.2 Å². The molecule has 1 N–H and O–H groups in total. The summed E-state index contributed by atoms with van der Waals surface area (Å²) in [6.45, 7) is 8.56. The summed E-state index contributed by atoms with van der Waals surface area (Å²) in [6.07, 6.45) is 2.74. The molecule has 4 heteroatoms. The molecule has 1 aliphatic heterocycles. The van der Waals surface area contributed by atoms with Crippen LogP contribution in [0.5, 0.6) is 0 Å². The minimum absolute atomic E-state index is 0.406. The van der Waals surface area contributed by atoms with Gasteiger partial charge >= 0.3 is 0 Å². The van der Waals surface area contributed by atoms with Gasteiger partial charge in [-0.1, -0.05) is 6.92 Å². The lowest BCUT2D eigenvalue weighted by molar-refractivity contribution is 0.117. The van der Waals surface area contributed by atoms with Gasteiger partial charge < -0.3 is 10.1 Å². The van der Waals surface area contributed by atoms with E-state index in [2.05, 4.69) is 48.1 Å². The van der Waals surface area contributed by atoms with Gasteiger partial charge in [-0.3, -0.25) is 0 Å². The molecule has 1 aromatic heterocycles. The van der Waals surface area contributed by atoms with Crippen molar-refractivity contribution < 1.29 is 4.74 Å². The van der Waals surface area contributed by atoms with Crippen LogP contribution in [0.15, 0.2) is 9.85 Å². The molecule has 3 atom stereocenters. The van der Waals surface area contributed by atoms with Crippen LogP contribution < -0.4 is 5.32 Å². The zero-order valence-corrected chi connectivity index (χ0v) is 13.7. The molecule has 0 aromatic carbocycles. The van der Waals surface area contributed by atoms with Crippen molar-refractivity contribution in [3.63, 3.8) is 0 Å². The molecule has 1 fully saturated rings. The van der Waals surface area contributed by atoms with E-state index in [1.165, 1.54) is 20.6 Å². The van der Waals surface area contributed by atoms with E-state index in [9.17, 15) is 0 Å². The second-order valence-electron chi connectivity index (χ2n) is 5.13. The molecule has 2 nitrogen and oxygen atoms in total. The average molecular weight is 332 g/mol. The van der Waals surface area contributed by atoms with Gasteiger partial charge in [-0.05, 0) is 60.8 Å². The monoisotopic (exact) mass is 331 g/mol. The lowest BCUT2D eigenvalue weighted by Crippen LogP contribution is -2.29. The lowest BCUT2D eigenvalue weighted by Gasteiger charge is -2.24. The van der Waals surface area contributed by atoms with Gasteiger partial charge in [0.05, 0.1) is 16.5 Å². The first-order valence-electron chi connectivity index (χ1n) is 6.72. The third kappa shape index (κ3) is 3.35. The normalized spacial score (nSPS) is 25.6. The largest absolute Gasteiger partial charge is 0.378 e. The van der Waals surface area contributed by atoms with Crippen molar-refractivity contribution in [1.82, 2.24) is 5.32 Å². The molecule has 1 aromatic rings. The Morgan fingerprint density at radius 2 is 2.39 bits per heavy atom. The quantitative estimate of drug-likeness (QED) is 0.869. The zero-order chi connectivity index (χ0) is 13.1. The summed E-state index contributed by atoms with van der Waals surface area (Å²) in [5, 5.41) is 3.71. The Hall–Kier alpha value is 0.1000. The van der Waals surface area contributed by atoms with Gasteiger partial charge in [-0.2, -0.15) is 0 Å². The summed E-state index contributed by atoms with van der Waals surface area (Å²) in [6, 6.07) is 2.72. The molecule has 1 saturated heterocycles. The SMILES string of the molecule is CCCNC(c1cc(Br)sc1C)C1COC(C)C1. The summed E-state index contributed by atoms with van der Waals surface area (Å²) < 4.78 is 6.97. The van der Waals surface area contributed by atoms with E-state index in [0.717, 1.165) is 19.6 Å². The molecule has 2 rings (SSSR count). The fourth-order valence-corrected chi connectivity index (χ4v) is 4.44. The molecule has 0 aliphatic carbocycles. The van der Waals surface area contributed by atoms with Gasteiger partial charge in [0.1, 0.15) is 0 Å². The number of halogens is 1. The summed E-state index contributed by atoms with van der Waals surface area (Å²) >= 11 is 5.43. The van der Waals surface area contributed by atoms with E-state index in [0.29, 0.717) is 18.1 Å². The molecule has 102 valence electrons. The van der Waals surface area contributed by atoms with Gasteiger partial charge in [-0.25, -0.2) is 0 Å². The number of aryl methyl sites for hydroxylation is 1. The molecule has 0 saturated carbocycles. The fraction of sp³-hybridized carbons (Fsp3) is 0.714. The van der Waals surface area contributed by atoms with Crippen molar-refractivity contribution in [2.24, 2.45) is 5.92 Å². The van der Waals surface area contributed by atoms with Crippen LogP contribution in [0.3, 0.4) is 0 Å². The maximum atomic E-state index is 5.75. The molecule has 1 aliphatic rings. The highest BCUT2D eigenvalue weighted by atomic mass is 79.9. The number of rotatable bonds is 5. The third-order valence-corrected chi connectivity index (χ3v) is 5.15. The van der Waals surface area contributed by atoms with Crippen LogP contribution in [0.4, 0.5) is 0 Å². The van der Waals surface area contributed by atoms with Crippen LogP contribution in [0.2, 0.25) is 0 Å². The van der Waals surface area contributed by atoms with E-state index in [1.807, 2.05) is 11.3 Å². The van der Waals surface area contributed by atoms with Gasteiger partial charge in [0.2, 0.25) is 0 Å². The van der Waals surface area contributed by atoms with Crippen LogP contribution in [0.1, 0.15) is 43.2 Å². The standard InChI is InChI=1S/C14H22BrNOS/c1-4-5-16-14(11-6-9(2)17-8-11)12-7-13(15)18-10(12)3/h7,9,11,14,16H,4-6,8H2,1-3H3. The number of ether oxygens (including phenoxy) is 1. The maximum Gasteiger partial charge on any atom is 0.0704 e. The molecule has 0 spiro atoms. The van der Waals surface area contributed by atoms with Gasteiger partial charge in [0, 0.05) is 16.8 Å². The van der Waals surface area contributed by atoms with E-state index >= 15 is 0 Å². The average Bonchev–Trinajstić information content (AvgIpc) is 2.87. The molecular weight excluding hydrogens is 310 g/mol. The van der Waals surface area contributed by atoms with Crippen molar-refractivity contribution in [3.8, 4) is 0 Å². The van der Waals surface area contributed by atoms with Gasteiger partial charge in [0.25, 0.3) is 0 Å². The Labute approximate surface area is 122 Å². The van der Waals surface area contributed by atoms with Crippen LogP contribution in [-0.2, 0) is 4.74 Å². The number of hydrogen-bond donors (Lipinski definition) is 1. The lowest BCUT2D eigenvalue weighted by atomic mass is 9.91. The fourth-order valence-electron chi connectivity index (χ4n) is 2.68. The maximum absolute atomic E-state index is 5.75. The molecule has 0 radical (unpaired) electrons. The van der Waals surface area contributed by atoms with Crippen LogP contribution in [0, 0.1) is 12.8 Å². The van der Waals surface area contributed by atoms with E-state index in [-0.39, 0.29) is 0 Å². The predicted octanol–water partition coefficient (Wildman–Crippen LogP) is 4.28.